The van der Waals surface area contributed by atoms with Crippen LogP contribution in [0.5, 0.6) is 5.75 Å². The first kappa shape index (κ1) is 14.4. The van der Waals surface area contributed by atoms with E-state index in [1.165, 1.54) is 7.11 Å². The number of ether oxygens (including phenoxy) is 1. The summed E-state index contributed by atoms with van der Waals surface area (Å²) in [7, 11) is 1.51. The number of carbonyl (C=O) groups is 2. The number of nitrogens with zero attached hydrogens (tertiary/aromatic N) is 1. The minimum atomic E-state index is -0.645. The van der Waals surface area contributed by atoms with Crippen LogP contribution in [-0.2, 0) is 4.79 Å². The highest BCUT2D eigenvalue weighted by Crippen LogP contribution is 2.42. The van der Waals surface area contributed by atoms with Crippen molar-refractivity contribution in [2.24, 2.45) is 5.73 Å². The van der Waals surface area contributed by atoms with Crippen LogP contribution >= 0.6 is 11.6 Å². The molecule has 1 aliphatic rings. The van der Waals surface area contributed by atoms with Crippen molar-refractivity contribution in [2.45, 2.75) is 12.3 Å². The molecule has 2 aromatic rings. The largest absolute Gasteiger partial charge is 0.495 e. The van der Waals surface area contributed by atoms with Gasteiger partial charge in [0, 0.05) is 17.9 Å². The van der Waals surface area contributed by atoms with Gasteiger partial charge in [0.25, 0.3) is 5.91 Å². The number of rotatable bonds is 3. The van der Waals surface area contributed by atoms with Crippen molar-refractivity contribution in [1.82, 2.24) is 10.2 Å². The molecule has 1 atom stereocenters. The molecule has 0 spiro atoms. The van der Waals surface area contributed by atoms with Crippen LogP contribution in [0.1, 0.15) is 34.0 Å². The molecule has 1 aliphatic heterocycles. The summed E-state index contributed by atoms with van der Waals surface area (Å²) >= 11 is 6.35. The Bertz CT molecular complexity index is 771. The van der Waals surface area contributed by atoms with E-state index in [1.54, 1.807) is 18.2 Å². The first-order chi connectivity index (χ1) is 10.5. The zero-order valence-electron chi connectivity index (χ0n) is 11.6. The molecule has 1 aromatic carbocycles. The molecular weight excluding hydrogens is 308 g/mol. The predicted octanol–water partition coefficient (Wildman–Crippen LogP) is 1.64. The first-order valence-electron chi connectivity index (χ1n) is 6.53. The third kappa shape index (κ3) is 2.19. The number of nitrogens with one attached hydrogen (secondary N) is 2. The Labute approximate surface area is 130 Å². The fraction of sp³-hybridized carbons (Fsp3) is 0.214. The number of amides is 2. The lowest BCUT2D eigenvalue weighted by Gasteiger charge is -2.24. The zero-order chi connectivity index (χ0) is 15.9. The van der Waals surface area contributed by atoms with Gasteiger partial charge < -0.3 is 15.8 Å². The van der Waals surface area contributed by atoms with E-state index < -0.39 is 11.8 Å². The van der Waals surface area contributed by atoms with Crippen molar-refractivity contribution in [3.63, 3.8) is 0 Å². The van der Waals surface area contributed by atoms with Gasteiger partial charge in [0.2, 0.25) is 5.91 Å². The van der Waals surface area contributed by atoms with Gasteiger partial charge in [-0.2, -0.15) is 5.10 Å². The van der Waals surface area contributed by atoms with Gasteiger partial charge in [-0.05, 0) is 11.6 Å². The molecule has 8 heteroatoms. The number of nitrogens with two attached hydrogens (primary N) is 1. The second-order valence-corrected chi connectivity index (χ2v) is 5.27. The number of primary amides is 1. The highest BCUT2D eigenvalue weighted by Gasteiger charge is 2.34. The number of carbonyl (C=O) groups excluding carboxylic acids is 2. The normalized spacial score (nSPS) is 16.8. The Hall–Kier alpha value is -2.54. The van der Waals surface area contributed by atoms with Gasteiger partial charge in [0.1, 0.15) is 11.4 Å². The number of hydrogen-bond donors (Lipinski definition) is 3. The topological polar surface area (TPSA) is 110 Å². The molecule has 7 nitrogen and oxygen atoms in total. The Morgan fingerprint density at radius 2 is 2.27 bits per heavy atom. The molecule has 114 valence electrons. The van der Waals surface area contributed by atoms with E-state index in [9.17, 15) is 9.59 Å². The summed E-state index contributed by atoms with van der Waals surface area (Å²) < 4.78 is 5.20. The SMILES string of the molecule is COc1cccc(C2CC(=O)Nc3n[nH]c(C(N)=O)c32)c1Cl. The van der Waals surface area contributed by atoms with Crippen LogP contribution in [0.15, 0.2) is 18.2 Å². The number of methoxy groups -OCH3 is 1. The fourth-order valence-electron chi connectivity index (χ4n) is 2.66. The maximum absolute atomic E-state index is 11.9. The number of fused-ring (bicyclic) bond motifs is 1. The van der Waals surface area contributed by atoms with E-state index in [-0.39, 0.29) is 18.0 Å². The van der Waals surface area contributed by atoms with Crippen molar-refractivity contribution in [3.05, 3.63) is 40.0 Å². The smallest absolute Gasteiger partial charge is 0.267 e. The zero-order valence-corrected chi connectivity index (χ0v) is 12.4. The molecule has 4 N–H and O–H groups in total. The molecule has 1 aromatic heterocycles. The Balaban J connectivity index is 2.19. The lowest BCUT2D eigenvalue weighted by atomic mass is 9.85. The number of aromatic nitrogens is 2. The molecule has 0 saturated heterocycles. The lowest BCUT2D eigenvalue weighted by Crippen LogP contribution is -2.25. The van der Waals surface area contributed by atoms with Crippen molar-refractivity contribution in [3.8, 4) is 5.75 Å². The molecule has 0 fully saturated rings. The standard InChI is InChI=1S/C14H13ClN4O3/c1-22-8-4-2-3-6(11(8)15)7-5-9(20)17-14-10(7)12(13(16)21)18-19-14/h2-4,7H,5H2,1H3,(H2,16,21)(H2,17,18,19,20). The van der Waals surface area contributed by atoms with Crippen LogP contribution < -0.4 is 15.8 Å². The number of anilines is 1. The third-order valence-corrected chi connectivity index (χ3v) is 4.04. The van der Waals surface area contributed by atoms with Crippen molar-refractivity contribution in [2.75, 3.05) is 12.4 Å². The first-order valence-corrected chi connectivity index (χ1v) is 6.91. The van der Waals surface area contributed by atoms with Crippen LogP contribution in [0, 0.1) is 0 Å². The molecule has 1 unspecified atom stereocenters. The summed E-state index contributed by atoms with van der Waals surface area (Å²) in [5, 5.41) is 9.53. The van der Waals surface area contributed by atoms with Crippen LogP contribution in [0.2, 0.25) is 5.02 Å². The van der Waals surface area contributed by atoms with Gasteiger partial charge >= 0.3 is 0 Å². The van der Waals surface area contributed by atoms with E-state index in [2.05, 4.69) is 15.5 Å². The van der Waals surface area contributed by atoms with Gasteiger partial charge in [-0.25, -0.2) is 0 Å². The van der Waals surface area contributed by atoms with Crippen LogP contribution in [-0.4, -0.2) is 29.1 Å². The average molecular weight is 321 g/mol. The van der Waals surface area contributed by atoms with Gasteiger partial charge in [-0.3, -0.25) is 14.7 Å². The van der Waals surface area contributed by atoms with Crippen LogP contribution in [0.25, 0.3) is 0 Å². The molecule has 2 amide bonds. The minimum absolute atomic E-state index is 0.139. The fourth-order valence-corrected chi connectivity index (χ4v) is 3.00. The molecule has 0 saturated carbocycles. The maximum Gasteiger partial charge on any atom is 0.267 e. The highest BCUT2D eigenvalue weighted by atomic mass is 35.5. The molecular formula is C14H13ClN4O3. The lowest BCUT2D eigenvalue weighted by molar-refractivity contribution is -0.116. The Morgan fingerprint density at radius 1 is 1.50 bits per heavy atom. The molecule has 0 bridgehead atoms. The van der Waals surface area contributed by atoms with E-state index >= 15 is 0 Å². The summed E-state index contributed by atoms with van der Waals surface area (Å²) in [6.45, 7) is 0. The second kappa shape index (κ2) is 5.34. The number of hydrogen-bond acceptors (Lipinski definition) is 4. The monoisotopic (exact) mass is 320 g/mol. The van der Waals surface area contributed by atoms with E-state index in [0.29, 0.717) is 27.7 Å². The second-order valence-electron chi connectivity index (χ2n) is 4.89. The van der Waals surface area contributed by atoms with Crippen LogP contribution in [0.3, 0.4) is 0 Å². The van der Waals surface area contributed by atoms with Crippen molar-refractivity contribution < 1.29 is 14.3 Å². The van der Waals surface area contributed by atoms with E-state index in [0.717, 1.165) is 0 Å². The van der Waals surface area contributed by atoms with Gasteiger partial charge in [-0.15, -0.1) is 0 Å². The quantitative estimate of drug-likeness (QED) is 0.798. The van der Waals surface area contributed by atoms with Gasteiger partial charge in [0.05, 0.1) is 12.1 Å². The van der Waals surface area contributed by atoms with Crippen molar-refractivity contribution in [1.29, 1.82) is 0 Å². The molecule has 0 aliphatic carbocycles. The predicted molar refractivity (Wildman–Crippen MR) is 80.2 cm³/mol. The summed E-state index contributed by atoms with van der Waals surface area (Å²) in [6, 6.07) is 5.28. The summed E-state index contributed by atoms with van der Waals surface area (Å²) in [4.78, 5) is 23.5. The molecule has 2 heterocycles. The maximum atomic E-state index is 11.9. The highest BCUT2D eigenvalue weighted by molar-refractivity contribution is 6.33. The van der Waals surface area contributed by atoms with E-state index in [1.807, 2.05) is 0 Å². The molecule has 0 radical (unpaired) electrons. The Morgan fingerprint density at radius 3 is 2.95 bits per heavy atom. The summed E-state index contributed by atoms with van der Waals surface area (Å²) in [5.74, 6) is -0.481. The minimum Gasteiger partial charge on any atom is -0.495 e. The third-order valence-electron chi connectivity index (χ3n) is 3.63. The number of aromatic amines is 1. The number of H-pyrrole nitrogens is 1. The number of benzene rings is 1. The van der Waals surface area contributed by atoms with E-state index in [4.69, 9.17) is 22.1 Å². The summed E-state index contributed by atoms with van der Waals surface area (Å²) in [5.41, 5.74) is 6.76. The van der Waals surface area contributed by atoms with Crippen molar-refractivity contribution >= 4 is 29.2 Å². The average Bonchev–Trinajstić information content (AvgIpc) is 2.90. The van der Waals surface area contributed by atoms with Gasteiger partial charge in [-0.1, -0.05) is 23.7 Å². The Kier molecular flexibility index (Phi) is 3.50. The number of halogens is 1. The van der Waals surface area contributed by atoms with Crippen LogP contribution in [0.4, 0.5) is 5.82 Å². The summed E-state index contributed by atoms with van der Waals surface area (Å²) in [6.07, 6.45) is 0.139. The van der Waals surface area contributed by atoms with Gasteiger partial charge in [0.15, 0.2) is 5.82 Å². The molecule has 3 rings (SSSR count). The molecule has 22 heavy (non-hydrogen) atoms.